The van der Waals surface area contributed by atoms with Gasteiger partial charge in [-0.2, -0.15) is 0 Å². The van der Waals surface area contributed by atoms with Gasteiger partial charge >= 0.3 is 0 Å². The van der Waals surface area contributed by atoms with E-state index in [2.05, 4.69) is 4.98 Å². The molecule has 0 radical (unpaired) electrons. The number of aromatic hydroxyl groups is 1. The second kappa shape index (κ2) is 3.65. The van der Waals surface area contributed by atoms with E-state index in [-0.39, 0.29) is 11.3 Å². The minimum Gasteiger partial charge on any atom is -0.508 e. The smallest absolute Gasteiger partial charge is 0.141 e. The van der Waals surface area contributed by atoms with Gasteiger partial charge in [0.2, 0.25) is 0 Å². The Bertz CT molecular complexity index is 482. The van der Waals surface area contributed by atoms with Crippen molar-refractivity contribution in [1.82, 2.24) is 4.98 Å². The second-order valence-corrected chi connectivity index (χ2v) is 3.03. The topological polar surface area (TPSA) is 33.1 Å². The first-order valence-corrected chi connectivity index (χ1v) is 4.27. The summed E-state index contributed by atoms with van der Waals surface area (Å²) in [7, 11) is 0. The Kier molecular flexibility index (Phi) is 2.33. The molecule has 0 unspecified atom stereocenters. The van der Waals surface area contributed by atoms with Crippen LogP contribution in [0.5, 0.6) is 5.75 Å². The van der Waals surface area contributed by atoms with Crippen molar-refractivity contribution in [3.8, 4) is 17.0 Å². The fourth-order valence-corrected chi connectivity index (χ4v) is 1.25. The van der Waals surface area contributed by atoms with Gasteiger partial charge in [-0.1, -0.05) is 0 Å². The molecule has 1 heterocycles. The lowest BCUT2D eigenvalue weighted by atomic mass is 10.1. The van der Waals surface area contributed by atoms with Crippen molar-refractivity contribution in [3.63, 3.8) is 0 Å². The van der Waals surface area contributed by atoms with Crippen LogP contribution in [0.2, 0.25) is 0 Å². The fraction of sp³-hybridized carbons (Fsp3) is 0. The van der Waals surface area contributed by atoms with Crippen molar-refractivity contribution in [3.05, 3.63) is 48.2 Å². The third-order valence-electron chi connectivity index (χ3n) is 1.96. The minimum absolute atomic E-state index is 0.154. The lowest BCUT2D eigenvalue weighted by molar-refractivity contribution is 0.469. The molecule has 0 saturated heterocycles. The Morgan fingerprint density at radius 2 is 1.87 bits per heavy atom. The molecule has 0 bridgehead atoms. The van der Waals surface area contributed by atoms with Gasteiger partial charge in [0.25, 0.3) is 0 Å². The molecule has 0 amide bonds. The monoisotopic (exact) mass is 207 g/mol. The zero-order chi connectivity index (χ0) is 10.8. The molecule has 1 N–H and O–H groups in total. The van der Waals surface area contributed by atoms with Crippen LogP contribution < -0.4 is 0 Å². The first-order valence-electron chi connectivity index (χ1n) is 4.27. The summed E-state index contributed by atoms with van der Waals surface area (Å²) >= 11 is 0. The lowest BCUT2D eigenvalue weighted by Gasteiger charge is -2.02. The Morgan fingerprint density at radius 1 is 1.07 bits per heavy atom. The summed E-state index contributed by atoms with van der Waals surface area (Å²) in [6.45, 7) is 0. The van der Waals surface area contributed by atoms with E-state index in [0.29, 0.717) is 5.69 Å². The number of pyridine rings is 1. The van der Waals surface area contributed by atoms with Crippen molar-refractivity contribution in [2.45, 2.75) is 0 Å². The highest BCUT2D eigenvalue weighted by Gasteiger charge is 2.06. The molecule has 1 aromatic carbocycles. The van der Waals surface area contributed by atoms with Crippen molar-refractivity contribution in [2.24, 2.45) is 0 Å². The maximum atomic E-state index is 13.3. The largest absolute Gasteiger partial charge is 0.508 e. The molecule has 1 aromatic heterocycles. The first-order chi connectivity index (χ1) is 7.16. The van der Waals surface area contributed by atoms with Crippen LogP contribution in [0.25, 0.3) is 11.3 Å². The zero-order valence-electron chi connectivity index (χ0n) is 7.61. The van der Waals surface area contributed by atoms with E-state index in [4.69, 9.17) is 5.11 Å². The zero-order valence-corrected chi connectivity index (χ0v) is 7.61. The predicted octanol–water partition coefficient (Wildman–Crippen LogP) is 2.73. The number of benzene rings is 1. The van der Waals surface area contributed by atoms with E-state index in [9.17, 15) is 8.78 Å². The quantitative estimate of drug-likeness (QED) is 0.779. The summed E-state index contributed by atoms with van der Waals surface area (Å²) < 4.78 is 25.9. The van der Waals surface area contributed by atoms with Gasteiger partial charge in [0, 0.05) is 11.6 Å². The highest BCUT2D eigenvalue weighted by atomic mass is 19.1. The molecule has 0 aliphatic carbocycles. The third kappa shape index (κ3) is 1.93. The summed E-state index contributed by atoms with van der Waals surface area (Å²) in [4.78, 5) is 3.74. The molecule has 0 spiro atoms. The van der Waals surface area contributed by atoms with Gasteiger partial charge in [-0.3, -0.25) is 4.98 Å². The molecule has 0 aliphatic heterocycles. The number of aromatic nitrogens is 1. The standard InChI is InChI=1S/C11H7F2NO/c12-7-1-4-11(14-6-7)9-3-2-8(15)5-10(9)13/h1-6,15H. The van der Waals surface area contributed by atoms with Crippen molar-refractivity contribution >= 4 is 0 Å². The predicted molar refractivity (Wildman–Crippen MR) is 51.3 cm³/mol. The van der Waals surface area contributed by atoms with Crippen LogP contribution >= 0.6 is 0 Å². The van der Waals surface area contributed by atoms with Crippen molar-refractivity contribution < 1.29 is 13.9 Å². The van der Waals surface area contributed by atoms with Crippen LogP contribution in [0, 0.1) is 11.6 Å². The first kappa shape index (κ1) is 9.58. The highest BCUT2D eigenvalue weighted by Crippen LogP contribution is 2.23. The molecule has 4 heteroatoms. The average molecular weight is 207 g/mol. The fourth-order valence-electron chi connectivity index (χ4n) is 1.25. The van der Waals surface area contributed by atoms with Crippen LogP contribution in [-0.4, -0.2) is 10.1 Å². The summed E-state index contributed by atoms with van der Waals surface area (Å²) in [5.41, 5.74) is 0.557. The van der Waals surface area contributed by atoms with Gasteiger partial charge in [0.15, 0.2) is 0 Å². The third-order valence-corrected chi connectivity index (χ3v) is 1.96. The Labute approximate surface area is 84.8 Å². The summed E-state index contributed by atoms with van der Waals surface area (Å²) in [5.74, 6) is -1.22. The SMILES string of the molecule is Oc1ccc(-c2ccc(F)cn2)c(F)c1. The number of hydrogen-bond donors (Lipinski definition) is 1. The highest BCUT2D eigenvalue weighted by molar-refractivity contribution is 5.60. The normalized spacial score (nSPS) is 10.3. The van der Waals surface area contributed by atoms with Crippen LogP contribution in [0.3, 0.4) is 0 Å². The van der Waals surface area contributed by atoms with Gasteiger partial charge < -0.3 is 5.11 Å². The summed E-state index contributed by atoms with van der Waals surface area (Å²) in [6, 6.07) is 6.31. The molecule has 15 heavy (non-hydrogen) atoms. The van der Waals surface area contributed by atoms with E-state index in [1.807, 2.05) is 0 Å². The van der Waals surface area contributed by atoms with Crippen LogP contribution in [0.1, 0.15) is 0 Å². The van der Waals surface area contributed by atoms with E-state index in [0.717, 1.165) is 12.3 Å². The second-order valence-electron chi connectivity index (χ2n) is 3.03. The maximum absolute atomic E-state index is 13.3. The average Bonchev–Trinajstić information content (AvgIpc) is 2.20. The summed E-state index contributed by atoms with van der Waals surface area (Å²) in [6.07, 6.45) is 1.02. The van der Waals surface area contributed by atoms with E-state index in [1.54, 1.807) is 0 Å². The molecule has 2 rings (SSSR count). The minimum atomic E-state index is -0.589. The molecular weight excluding hydrogens is 200 g/mol. The molecule has 2 aromatic rings. The van der Waals surface area contributed by atoms with Gasteiger partial charge in [0.1, 0.15) is 17.4 Å². The van der Waals surface area contributed by atoms with Crippen LogP contribution in [0.4, 0.5) is 8.78 Å². The van der Waals surface area contributed by atoms with Gasteiger partial charge in [-0.25, -0.2) is 8.78 Å². The molecule has 0 saturated carbocycles. The molecule has 0 aliphatic rings. The Balaban J connectivity index is 2.49. The summed E-state index contributed by atoms with van der Waals surface area (Å²) in [5, 5.41) is 9.01. The van der Waals surface area contributed by atoms with Crippen molar-refractivity contribution in [1.29, 1.82) is 0 Å². The Morgan fingerprint density at radius 3 is 2.47 bits per heavy atom. The molecule has 0 fully saturated rings. The van der Waals surface area contributed by atoms with Crippen molar-refractivity contribution in [2.75, 3.05) is 0 Å². The number of halogens is 2. The molecular formula is C11H7F2NO. The van der Waals surface area contributed by atoms with Gasteiger partial charge in [-0.05, 0) is 24.3 Å². The number of nitrogens with zero attached hydrogens (tertiary/aromatic N) is 1. The number of rotatable bonds is 1. The Hall–Kier alpha value is -1.97. The molecule has 76 valence electrons. The van der Waals surface area contributed by atoms with Gasteiger partial charge in [-0.15, -0.1) is 0 Å². The number of phenols is 1. The van der Waals surface area contributed by atoms with Gasteiger partial charge in [0.05, 0.1) is 11.9 Å². The van der Waals surface area contributed by atoms with E-state index >= 15 is 0 Å². The lowest BCUT2D eigenvalue weighted by Crippen LogP contribution is -1.88. The van der Waals surface area contributed by atoms with Crippen LogP contribution in [-0.2, 0) is 0 Å². The maximum Gasteiger partial charge on any atom is 0.141 e. The van der Waals surface area contributed by atoms with E-state index < -0.39 is 11.6 Å². The van der Waals surface area contributed by atoms with Crippen LogP contribution in [0.15, 0.2) is 36.5 Å². The number of phenolic OH excluding ortho intramolecular Hbond substituents is 1. The molecule has 2 nitrogen and oxygen atoms in total. The number of hydrogen-bond acceptors (Lipinski definition) is 2. The van der Waals surface area contributed by atoms with E-state index in [1.165, 1.54) is 24.3 Å². The molecule has 0 atom stereocenters.